The molecule has 0 radical (unpaired) electrons. The summed E-state index contributed by atoms with van der Waals surface area (Å²) in [6.07, 6.45) is 0.677. The van der Waals surface area contributed by atoms with E-state index in [0.717, 1.165) is 12.8 Å². The van der Waals surface area contributed by atoms with E-state index in [1.54, 1.807) is 0 Å². The van der Waals surface area contributed by atoms with E-state index >= 15 is 0 Å². The Morgan fingerprint density at radius 1 is 0.875 bits per heavy atom. The van der Waals surface area contributed by atoms with E-state index in [2.05, 4.69) is 47.2 Å². The predicted molar refractivity (Wildman–Crippen MR) is 58.4 cm³/mol. The first-order valence-corrected chi connectivity index (χ1v) is 5.65. The SMILES string of the molecule is CC(C)CCOOC(=O)OOCCC(C)C. The smallest absolute Gasteiger partial charge is 0.257 e. The van der Waals surface area contributed by atoms with Crippen molar-refractivity contribution in [1.29, 1.82) is 0 Å². The highest BCUT2D eigenvalue weighted by atomic mass is 17.3. The number of rotatable bonds is 8. The van der Waals surface area contributed by atoms with Gasteiger partial charge in [0.25, 0.3) is 0 Å². The van der Waals surface area contributed by atoms with E-state index < -0.39 is 6.16 Å². The van der Waals surface area contributed by atoms with Gasteiger partial charge in [-0.15, -0.1) is 0 Å². The molecule has 0 saturated carbocycles. The van der Waals surface area contributed by atoms with Gasteiger partial charge in [0.05, 0.1) is 13.2 Å². The van der Waals surface area contributed by atoms with Crippen LogP contribution in [0.3, 0.4) is 0 Å². The van der Waals surface area contributed by atoms with Crippen LogP contribution in [0.25, 0.3) is 0 Å². The van der Waals surface area contributed by atoms with Crippen LogP contribution in [0.2, 0.25) is 0 Å². The monoisotopic (exact) mass is 234 g/mol. The highest BCUT2D eigenvalue weighted by Crippen LogP contribution is 2.01. The number of carbonyl (C=O) groups excluding carboxylic acids is 1. The van der Waals surface area contributed by atoms with Crippen molar-refractivity contribution in [2.24, 2.45) is 11.8 Å². The summed E-state index contributed by atoms with van der Waals surface area (Å²) in [5.41, 5.74) is 0. The highest BCUT2D eigenvalue weighted by Gasteiger charge is 2.07. The van der Waals surface area contributed by atoms with Crippen molar-refractivity contribution in [2.75, 3.05) is 13.2 Å². The molecule has 0 heterocycles. The molecule has 5 heteroatoms. The van der Waals surface area contributed by atoms with Crippen molar-refractivity contribution in [3.63, 3.8) is 0 Å². The standard InChI is InChI=1S/C11H22O5/c1-9(2)5-7-13-15-11(12)16-14-8-6-10(3)4/h9-10H,5-8H2,1-4H3. The van der Waals surface area contributed by atoms with Gasteiger partial charge in [0.1, 0.15) is 0 Å². The molecular weight excluding hydrogens is 212 g/mol. The molecule has 0 aromatic carbocycles. The van der Waals surface area contributed by atoms with Gasteiger partial charge in [0.2, 0.25) is 0 Å². The summed E-state index contributed by atoms with van der Waals surface area (Å²) in [6, 6.07) is 0. The molecule has 0 aromatic heterocycles. The molecule has 0 amide bonds. The van der Waals surface area contributed by atoms with Crippen LogP contribution in [0.1, 0.15) is 40.5 Å². The van der Waals surface area contributed by atoms with E-state index in [9.17, 15) is 4.79 Å². The molecule has 0 unspecified atom stereocenters. The Balaban J connectivity index is 3.25. The van der Waals surface area contributed by atoms with Crippen LogP contribution in [0.4, 0.5) is 4.79 Å². The van der Waals surface area contributed by atoms with Gasteiger partial charge >= 0.3 is 6.16 Å². The average molecular weight is 234 g/mol. The van der Waals surface area contributed by atoms with E-state index in [1.165, 1.54) is 0 Å². The average Bonchev–Trinajstić information content (AvgIpc) is 2.19. The predicted octanol–water partition coefficient (Wildman–Crippen LogP) is 3.10. The maximum Gasteiger partial charge on any atom is 0.573 e. The number of hydrogen-bond donors (Lipinski definition) is 0. The van der Waals surface area contributed by atoms with Crippen LogP contribution in [0, 0.1) is 11.8 Å². The van der Waals surface area contributed by atoms with Crippen molar-refractivity contribution in [1.82, 2.24) is 0 Å². The van der Waals surface area contributed by atoms with Crippen molar-refractivity contribution >= 4 is 6.16 Å². The van der Waals surface area contributed by atoms with Crippen LogP contribution >= 0.6 is 0 Å². The lowest BCUT2D eigenvalue weighted by atomic mass is 10.1. The zero-order valence-corrected chi connectivity index (χ0v) is 10.5. The second-order valence-electron chi connectivity index (χ2n) is 4.43. The Kier molecular flexibility index (Phi) is 8.94. The van der Waals surface area contributed by atoms with Gasteiger partial charge in [0.15, 0.2) is 0 Å². The molecule has 0 bridgehead atoms. The van der Waals surface area contributed by atoms with Gasteiger partial charge < -0.3 is 0 Å². The first-order valence-electron chi connectivity index (χ1n) is 5.65. The van der Waals surface area contributed by atoms with Gasteiger partial charge in [-0.05, 0) is 24.7 Å². The van der Waals surface area contributed by atoms with Crippen molar-refractivity contribution in [2.45, 2.75) is 40.5 Å². The first-order chi connectivity index (χ1) is 7.52. The molecule has 0 aromatic rings. The maximum absolute atomic E-state index is 10.8. The van der Waals surface area contributed by atoms with Crippen LogP contribution < -0.4 is 0 Å². The topological polar surface area (TPSA) is 54.0 Å². The van der Waals surface area contributed by atoms with Gasteiger partial charge in [-0.25, -0.2) is 0 Å². The molecule has 0 atom stereocenters. The van der Waals surface area contributed by atoms with Crippen molar-refractivity contribution in [3.05, 3.63) is 0 Å². The molecule has 0 saturated heterocycles. The van der Waals surface area contributed by atoms with Crippen LogP contribution in [0.15, 0.2) is 0 Å². The Morgan fingerprint density at radius 3 is 1.56 bits per heavy atom. The van der Waals surface area contributed by atoms with Gasteiger partial charge in [-0.1, -0.05) is 27.7 Å². The third kappa shape index (κ3) is 11.3. The lowest BCUT2D eigenvalue weighted by Crippen LogP contribution is -2.11. The Labute approximate surface area is 96.9 Å². The van der Waals surface area contributed by atoms with Crippen molar-refractivity contribution in [3.8, 4) is 0 Å². The molecule has 0 spiro atoms. The van der Waals surface area contributed by atoms with Gasteiger partial charge in [-0.2, -0.15) is 14.6 Å². The van der Waals surface area contributed by atoms with Crippen molar-refractivity contribution < 1.29 is 24.3 Å². The largest absolute Gasteiger partial charge is 0.573 e. The van der Waals surface area contributed by atoms with Gasteiger partial charge in [0, 0.05) is 0 Å². The summed E-state index contributed by atoms with van der Waals surface area (Å²) in [5, 5.41) is 0. The summed E-state index contributed by atoms with van der Waals surface area (Å²) in [5.74, 6) is 1.00. The summed E-state index contributed by atoms with van der Waals surface area (Å²) < 4.78 is 0. The fourth-order valence-corrected chi connectivity index (χ4v) is 0.761. The normalized spacial score (nSPS) is 10.9. The van der Waals surface area contributed by atoms with Crippen LogP contribution in [0.5, 0.6) is 0 Å². The van der Waals surface area contributed by atoms with E-state index in [0.29, 0.717) is 25.0 Å². The fraction of sp³-hybridized carbons (Fsp3) is 0.909. The Bertz CT molecular complexity index is 161. The Morgan fingerprint density at radius 2 is 1.25 bits per heavy atom. The number of hydrogen-bond acceptors (Lipinski definition) is 5. The van der Waals surface area contributed by atoms with Gasteiger partial charge in [-0.3, -0.25) is 9.78 Å². The molecule has 0 fully saturated rings. The third-order valence-electron chi connectivity index (χ3n) is 1.81. The summed E-state index contributed by atoms with van der Waals surface area (Å²) in [6.45, 7) is 8.93. The minimum Gasteiger partial charge on any atom is -0.257 e. The summed E-state index contributed by atoms with van der Waals surface area (Å²) in [7, 11) is 0. The molecule has 0 aliphatic carbocycles. The maximum atomic E-state index is 10.8. The lowest BCUT2D eigenvalue weighted by molar-refractivity contribution is -0.320. The third-order valence-corrected chi connectivity index (χ3v) is 1.81. The molecule has 0 aliphatic rings. The molecule has 0 N–H and O–H groups in total. The molecule has 16 heavy (non-hydrogen) atoms. The number of carbonyl (C=O) groups is 1. The van der Waals surface area contributed by atoms with E-state index in [-0.39, 0.29) is 0 Å². The van der Waals surface area contributed by atoms with Crippen LogP contribution in [-0.2, 0) is 19.6 Å². The Hall–Kier alpha value is -0.810. The second-order valence-corrected chi connectivity index (χ2v) is 4.43. The molecule has 0 aliphatic heterocycles. The molecule has 96 valence electrons. The fourth-order valence-electron chi connectivity index (χ4n) is 0.761. The highest BCUT2D eigenvalue weighted by molar-refractivity contribution is 5.58. The molecule has 0 rings (SSSR count). The quantitative estimate of drug-likeness (QED) is 0.367. The molecule has 5 nitrogen and oxygen atoms in total. The summed E-state index contributed by atoms with van der Waals surface area (Å²) >= 11 is 0. The zero-order chi connectivity index (χ0) is 12.4. The van der Waals surface area contributed by atoms with Crippen LogP contribution in [-0.4, -0.2) is 19.4 Å². The first kappa shape index (κ1) is 15.2. The lowest BCUT2D eigenvalue weighted by Gasteiger charge is -2.06. The van der Waals surface area contributed by atoms with E-state index in [4.69, 9.17) is 0 Å². The second kappa shape index (κ2) is 9.42. The minimum atomic E-state index is -0.965. The summed E-state index contributed by atoms with van der Waals surface area (Å²) in [4.78, 5) is 28.7. The van der Waals surface area contributed by atoms with E-state index in [1.807, 2.05) is 0 Å². The minimum absolute atomic E-state index is 0.360. The molecular formula is C11H22O5. The zero-order valence-electron chi connectivity index (χ0n) is 10.5.